The Morgan fingerprint density at radius 1 is 1.31 bits per heavy atom. The van der Waals surface area contributed by atoms with Crippen molar-refractivity contribution in [1.29, 1.82) is 0 Å². The van der Waals surface area contributed by atoms with Crippen molar-refractivity contribution in [3.05, 3.63) is 28.2 Å². The zero-order valence-electron chi connectivity index (χ0n) is 6.98. The van der Waals surface area contributed by atoms with E-state index in [4.69, 9.17) is 0 Å². The summed E-state index contributed by atoms with van der Waals surface area (Å²) in [6, 6.07) is 3.80. The van der Waals surface area contributed by atoms with Gasteiger partial charge in [-0.2, -0.15) is 0 Å². The van der Waals surface area contributed by atoms with E-state index in [1.807, 2.05) is 25.3 Å². The minimum atomic E-state index is 0.765. The molecule has 0 amide bonds. The Kier molecular flexibility index (Phi) is 2.24. The molecule has 0 N–H and O–H groups in total. The maximum atomic E-state index is 10.5. The highest BCUT2D eigenvalue weighted by Gasteiger charge is 2.04. The molecule has 0 aliphatic heterocycles. The number of hydrogen-bond donors (Lipinski definition) is 0. The molecule has 2 rings (SSSR count). The van der Waals surface area contributed by atoms with Gasteiger partial charge in [-0.25, -0.2) is 4.98 Å². The van der Waals surface area contributed by atoms with E-state index in [1.54, 1.807) is 11.3 Å². The number of carbonyl (C=O) groups is 1. The first kappa shape index (κ1) is 8.59. The Morgan fingerprint density at radius 2 is 2.15 bits per heavy atom. The first-order valence-electron chi connectivity index (χ1n) is 3.77. The molecule has 0 aliphatic carbocycles. The van der Waals surface area contributed by atoms with Crippen molar-refractivity contribution >= 4 is 29.0 Å². The molecule has 0 saturated carbocycles. The summed E-state index contributed by atoms with van der Waals surface area (Å²) in [5, 5.41) is 1.05. The maximum Gasteiger partial charge on any atom is 0.160 e. The second-order valence-electron chi connectivity index (χ2n) is 2.56. The van der Waals surface area contributed by atoms with Crippen LogP contribution in [0.2, 0.25) is 0 Å². The summed E-state index contributed by atoms with van der Waals surface area (Å²) >= 11 is 3.15. The fourth-order valence-electron chi connectivity index (χ4n) is 1.02. The Labute approximate surface area is 83.9 Å². The fraction of sp³-hybridized carbons (Fsp3) is 0.111. The van der Waals surface area contributed by atoms with Crippen LogP contribution in [0.1, 0.15) is 14.7 Å². The van der Waals surface area contributed by atoms with Crippen LogP contribution >= 0.6 is 22.7 Å². The average Bonchev–Trinajstić information content (AvgIpc) is 2.71. The zero-order valence-corrected chi connectivity index (χ0v) is 8.61. The molecule has 0 saturated heterocycles. The monoisotopic (exact) mass is 209 g/mol. The molecule has 0 unspecified atom stereocenters. The van der Waals surface area contributed by atoms with Gasteiger partial charge in [0.15, 0.2) is 6.29 Å². The summed E-state index contributed by atoms with van der Waals surface area (Å²) in [7, 11) is 0. The second-order valence-corrected chi connectivity index (χ2v) is 4.91. The van der Waals surface area contributed by atoms with Crippen molar-refractivity contribution in [3.8, 4) is 9.75 Å². The van der Waals surface area contributed by atoms with Gasteiger partial charge in [0.25, 0.3) is 0 Å². The lowest BCUT2D eigenvalue weighted by atomic mass is 10.4. The molecule has 0 radical (unpaired) electrons. The predicted octanol–water partition coefficient (Wildman–Crippen LogP) is 2.99. The number of aromatic nitrogens is 1. The van der Waals surface area contributed by atoms with Crippen molar-refractivity contribution in [3.63, 3.8) is 0 Å². The standard InChI is InChI=1S/C9H7NOS2/c1-6-10-4-9(12-6)8-3-2-7(5-11)13-8/h2-5H,1H3. The van der Waals surface area contributed by atoms with E-state index in [9.17, 15) is 4.79 Å². The van der Waals surface area contributed by atoms with Crippen LogP contribution < -0.4 is 0 Å². The lowest BCUT2D eigenvalue weighted by Gasteiger charge is -1.85. The van der Waals surface area contributed by atoms with Gasteiger partial charge in [-0.15, -0.1) is 22.7 Å². The van der Waals surface area contributed by atoms with Gasteiger partial charge in [-0.05, 0) is 19.1 Å². The summed E-state index contributed by atoms with van der Waals surface area (Å²) in [5.74, 6) is 0. The molecular formula is C9H7NOS2. The van der Waals surface area contributed by atoms with E-state index in [2.05, 4.69) is 4.98 Å². The highest BCUT2D eigenvalue weighted by molar-refractivity contribution is 7.22. The zero-order chi connectivity index (χ0) is 9.26. The van der Waals surface area contributed by atoms with Crippen molar-refractivity contribution in [1.82, 2.24) is 4.98 Å². The lowest BCUT2D eigenvalue weighted by molar-refractivity contribution is 0.112. The summed E-state index contributed by atoms with van der Waals surface area (Å²) < 4.78 is 0. The minimum Gasteiger partial charge on any atom is -0.297 e. The SMILES string of the molecule is Cc1ncc(-c2ccc(C=O)s2)s1. The Balaban J connectivity index is 2.40. The highest BCUT2D eigenvalue weighted by atomic mass is 32.1. The largest absolute Gasteiger partial charge is 0.297 e. The first-order chi connectivity index (χ1) is 6.29. The second kappa shape index (κ2) is 3.40. The number of rotatable bonds is 2. The fourth-order valence-corrected chi connectivity index (χ4v) is 2.70. The minimum absolute atomic E-state index is 0.765. The molecule has 13 heavy (non-hydrogen) atoms. The molecule has 2 aromatic heterocycles. The van der Waals surface area contributed by atoms with Crippen molar-refractivity contribution in [2.45, 2.75) is 6.92 Å². The van der Waals surface area contributed by atoms with Gasteiger partial charge in [0.1, 0.15) is 0 Å². The van der Waals surface area contributed by atoms with Gasteiger partial charge in [-0.3, -0.25) is 4.79 Å². The van der Waals surface area contributed by atoms with Crippen LogP contribution in [0.5, 0.6) is 0 Å². The van der Waals surface area contributed by atoms with Crippen molar-refractivity contribution < 1.29 is 4.79 Å². The molecule has 0 bridgehead atoms. The van der Waals surface area contributed by atoms with E-state index < -0.39 is 0 Å². The molecular weight excluding hydrogens is 202 g/mol. The van der Waals surface area contributed by atoms with Gasteiger partial charge in [0.2, 0.25) is 0 Å². The van der Waals surface area contributed by atoms with Gasteiger partial charge in [0, 0.05) is 11.1 Å². The van der Waals surface area contributed by atoms with Gasteiger partial charge >= 0.3 is 0 Å². The van der Waals surface area contributed by atoms with Crippen LogP contribution in [-0.4, -0.2) is 11.3 Å². The van der Waals surface area contributed by atoms with E-state index in [0.717, 1.165) is 25.9 Å². The molecule has 0 aliphatic rings. The number of thiophene rings is 1. The molecule has 4 heteroatoms. The van der Waals surface area contributed by atoms with E-state index in [0.29, 0.717) is 0 Å². The molecule has 0 fully saturated rings. The van der Waals surface area contributed by atoms with Crippen LogP contribution in [0.15, 0.2) is 18.3 Å². The van der Waals surface area contributed by atoms with Crippen LogP contribution in [0.25, 0.3) is 9.75 Å². The number of aldehydes is 1. The smallest absolute Gasteiger partial charge is 0.160 e. The van der Waals surface area contributed by atoms with Gasteiger partial charge < -0.3 is 0 Å². The molecule has 66 valence electrons. The number of aryl methyl sites for hydroxylation is 1. The average molecular weight is 209 g/mol. The molecule has 0 aromatic carbocycles. The van der Waals surface area contributed by atoms with Gasteiger partial charge in [0.05, 0.1) is 14.8 Å². The number of nitrogens with zero attached hydrogens (tertiary/aromatic N) is 1. The third kappa shape index (κ3) is 1.68. The van der Waals surface area contributed by atoms with Crippen LogP contribution in [0.4, 0.5) is 0 Å². The Bertz CT molecular complexity index is 430. The third-order valence-corrected chi connectivity index (χ3v) is 3.73. The van der Waals surface area contributed by atoms with E-state index >= 15 is 0 Å². The summed E-state index contributed by atoms with van der Waals surface area (Å²) in [4.78, 5) is 17.6. The lowest BCUT2D eigenvalue weighted by Crippen LogP contribution is -1.62. The number of carbonyl (C=O) groups excluding carboxylic acids is 1. The van der Waals surface area contributed by atoms with E-state index in [1.165, 1.54) is 11.3 Å². The number of thiazole rings is 1. The summed E-state index contributed by atoms with van der Waals surface area (Å²) in [6.45, 7) is 1.97. The third-order valence-electron chi connectivity index (χ3n) is 1.61. The van der Waals surface area contributed by atoms with Crippen LogP contribution in [-0.2, 0) is 0 Å². The highest BCUT2D eigenvalue weighted by Crippen LogP contribution is 2.31. The summed E-state index contributed by atoms with van der Waals surface area (Å²) in [6.07, 6.45) is 2.72. The molecule has 2 nitrogen and oxygen atoms in total. The topological polar surface area (TPSA) is 30.0 Å². The molecule has 0 spiro atoms. The van der Waals surface area contributed by atoms with Crippen molar-refractivity contribution in [2.75, 3.05) is 0 Å². The van der Waals surface area contributed by atoms with Crippen LogP contribution in [0.3, 0.4) is 0 Å². The Morgan fingerprint density at radius 3 is 2.69 bits per heavy atom. The Hall–Kier alpha value is -1.00. The van der Waals surface area contributed by atoms with Gasteiger partial charge in [-0.1, -0.05) is 0 Å². The predicted molar refractivity (Wildman–Crippen MR) is 55.6 cm³/mol. The first-order valence-corrected chi connectivity index (χ1v) is 5.41. The quantitative estimate of drug-likeness (QED) is 0.712. The van der Waals surface area contributed by atoms with Crippen molar-refractivity contribution in [2.24, 2.45) is 0 Å². The molecule has 2 aromatic rings. The number of hydrogen-bond acceptors (Lipinski definition) is 4. The maximum absolute atomic E-state index is 10.5. The normalized spacial score (nSPS) is 10.2. The summed E-state index contributed by atoms with van der Waals surface area (Å²) in [5.41, 5.74) is 0. The van der Waals surface area contributed by atoms with E-state index in [-0.39, 0.29) is 0 Å². The molecule has 0 atom stereocenters. The van der Waals surface area contributed by atoms with Crippen LogP contribution in [0, 0.1) is 6.92 Å². The molecule has 2 heterocycles.